The number of ether oxygens (including phenoxy) is 1. The zero-order chi connectivity index (χ0) is 15.2. The van der Waals surface area contributed by atoms with Gasteiger partial charge in [0.2, 0.25) is 0 Å². The second kappa shape index (κ2) is 6.73. The molecule has 0 spiro atoms. The number of rotatable bonds is 5. The molecule has 4 nitrogen and oxygen atoms in total. The fourth-order valence-corrected chi connectivity index (χ4v) is 1.88. The van der Waals surface area contributed by atoms with Crippen LogP contribution in [-0.2, 0) is 0 Å². The fraction of sp³-hybridized carbons (Fsp3) is 0.188. The van der Waals surface area contributed by atoms with Crippen LogP contribution in [-0.4, -0.2) is 18.8 Å². The van der Waals surface area contributed by atoms with E-state index in [1.165, 1.54) is 19.2 Å². The van der Waals surface area contributed by atoms with Crippen molar-refractivity contribution in [2.45, 2.75) is 6.10 Å². The Hall–Kier alpha value is -2.58. The van der Waals surface area contributed by atoms with Crippen LogP contribution in [0.1, 0.15) is 17.2 Å². The van der Waals surface area contributed by atoms with Gasteiger partial charge < -0.3 is 15.2 Å². The number of nitrogens with one attached hydrogen (secondary N) is 1. The molecule has 0 aliphatic heterocycles. The van der Waals surface area contributed by atoms with E-state index in [1.807, 2.05) is 6.07 Å². The van der Waals surface area contributed by atoms with Crippen LogP contribution in [0.2, 0.25) is 0 Å². The van der Waals surface area contributed by atoms with Crippen LogP contribution in [0.15, 0.2) is 42.5 Å². The number of methoxy groups -OCH3 is 1. The summed E-state index contributed by atoms with van der Waals surface area (Å²) in [6.45, 7) is 0.265. The maximum absolute atomic E-state index is 13.3. The molecule has 1 unspecified atom stereocenters. The molecular formula is C16H15FN2O2. The van der Waals surface area contributed by atoms with Gasteiger partial charge in [-0.05, 0) is 29.8 Å². The van der Waals surface area contributed by atoms with Crippen molar-refractivity contribution < 1.29 is 14.2 Å². The summed E-state index contributed by atoms with van der Waals surface area (Å²) in [5, 5.41) is 21.8. The first-order valence-corrected chi connectivity index (χ1v) is 6.39. The first-order valence-electron chi connectivity index (χ1n) is 6.39. The summed E-state index contributed by atoms with van der Waals surface area (Å²) in [6, 6.07) is 13.1. The largest absolute Gasteiger partial charge is 0.494 e. The zero-order valence-corrected chi connectivity index (χ0v) is 11.5. The molecule has 0 fully saturated rings. The number of hydrogen-bond donors (Lipinski definition) is 2. The summed E-state index contributed by atoms with van der Waals surface area (Å²) < 4.78 is 18.2. The summed E-state index contributed by atoms with van der Waals surface area (Å²) >= 11 is 0. The lowest BCUT2D eigenvalue weighted by molar-refractivity contribution is 0.191. The van der Waals surface area contributed by atoms with Crippen LogP contribution in [0.4, 0.5) is 10.1 Å². The highest BCUT2D eigenvalue weighted by Gasteiger charge is 2.08. The Labute approximate surface area is 122 Å². The first-order chi connectivity index (χ1) is 10.1. The average molecular weight is 286 g/mol. The number of benzene rings is 2. The van der Waals surface area contributed by atoms with E-state index in [0.717, 1.165) is 0 Å². The molecule has 0 bridgehead atoms. The van der Waals surface area contributed by atoms with Gasteiger partial charge in [-0.2, -0.15) is 5.26 Å². The van der Waals surface area contributed by atoms with Gasteiger partial charge >= 0.3 is 0 Å². The number of aliphatic hydroxyl groups is 1. The third-order valence-electron chi connectivity index (χ3n) is 3.08. The molecule has 1 atom stereocenters. The van der Waals surface area contributed by atoms with Gasteiger partial charge in [-0.1, -0.05) is 12.1 Å². The molecule has 2 aromatic rings. The van der Waals surface area contributed by atoms with E-state index in [1.54, 1.807) is 30.3 Å². The Balaban J connectivity index is 2.00. The van der Waals surface area contributed by atoms with Gasteiger partial charge in [-0.25, -0.2) is 4.39 Å². The van der Waals surface area contributed by atoms with Crippen molar-refractivity contribution in [2.24, 2.45) is 0 Å². The van der Waals surface area contributed by atoms with Crippen LogP contribution < -0.4 is 10.1 Å². The molecular weight excluding hydrogens is 271 g/mol. The van der Waals surface area contributed by atoms with E-state index in [2.05, 4.69) is 5.32 Å². The molecule has 0 heterocycles. The number of halogens is 1. The molecule has 2 rings (SSSR count). The van der Waals surface area contributed by atoms with Crippen molar-refractivity contribution in [3.63, 3.8) is 0 Å². The molecule has 0 aliphatic carbocycles. The second-order valence-electron chi connectivity index (χ2n) is 4.48. The normalized spacial score (nSPS) is 11.5. The average Bonchev–Trinajstić information content (AvgIpc) is 2.53. The minimum absolute atomic E-state index is 0.146. The Morgan fingerprint density at radius 1 is 1.29 bits per heavy atom. The van der Waals surface area contributed by atoms with Gasteiger partial charge in [-0.15, -0.1) is 0 Å². The Kier molecular flexibility index (Phi) is 4.75. The predicted octanol–water partition coefficient (Wildman–Crippen LogP) is 2.85. The summed E-state index contributed by atoms with van der Waals surface area (Å²) in [7, 11) is 1.40. The van der Waals surface area contributed by atoms with Crippen molar-refractivity contribution in [1.82, 2.24) is 0 Å². The summed E-state index contributed by atoms with van der Waals surface area (Å²) in [5.74, 6) is -0.288. The number of aliphatic hydroxyl groups excluding tert-OH is 1. The van der Waals surface area contributed by atoms with Crippen LogP contribution in [0, 0.1) is 17.1 Å². The van der Waals surface area contributed by atoms with E-state index in [0.29, 0.717) is 16.8 Å². The summed E-state index contributed by atoms with van der Waals surface area (Å²) in [4.78, 5) is 0. The highest BCUT2D eigenvalue weighted by molar-refractivity contribution is 5.49. The monoisotopic (exact) mass is 286 g/mol. The molecule has 0 amide bonds. The summed E-state index contributed by atoms with van der Waals surface area (Å²) in [6.07, 6.45) is -0.728. The second-order valence-corrected chi connectivity index (χ2v) is 4.48. The van der Waals surface area contributed by atoms with E-state index < -0.39 is 11.9 Å². The van der Waals surface area contributed by atoms with Gasteiger partial charge in [0.05, 0.1) is 24.8 Å². The van der Waals surface area contributed by atoms with Crippen molar-refractivity contribution >= 4 is 5.69 Å². The molecule has 2 N–H and O–H groups in total. The van der Waals surface area contributed by atoms with Crippen molar-refractivity contribution in [3.05, 3.63) is 59.4 Å². The third kappa shape index (κ3) is 3.71. The first kappa shape index (κ1) is 14.8. The lowest BCUT2D eigenvalue weighted by atomic mass is 10.1. The molecule has 0 radical (unpaired) electrons. The molecule has 0 saturated carbocycles. The zero-order valence-electron chi connectivity index (χ0n) is 11.5. The molecule has 108 valence electrons. The van der Waals surface area contributed by atoms with E-state index in [9.17, 15) is 9.50 Å². The van der Waals surface area contributed by atoms with Gasteiger partial charge in [-0.3, -0.25) is 0 Å². The van der Waals surface area contributed by atoms with Crippen LogP contribution >= 0.6 is 0 Å². The molecule has 0 saturated heterocycles. The van der Waals surface area contributed by atoms with Gasteiger partial charge in [0, 0.05) is 18.3 Å². The highest BCUT2D eigenvalue weighted by Crippen LogP contribution is 2.22. The van der Waals surface area contributed by atoms with E-state index >= 15 is 0 Å². The smallest absolute Gasteiger partial charge is 0.165 e. The van der Waals surface area contributed by atoms with Crippen LogP contribution in [0.5, 0.6) is 5.75 Å². The van der Waals surface area contributed by atoms with Crippen molar-refractivity contribution in [1.29, 1.82) is 5.26 Å². The maximum Gasteiger partial charge on any atom is 0.165 e. The Bertz CT molecular complexity index is 650. The van der Waals surface area contributed by atoms with Crippen LogP contribution in [0.25, 0.3) is 0 Å². The Morgan fingerprint density at radius 3 is 2.62 bits per heavy atom. The third-order valence-corrected chi connectivity index (χ3v) is 3.08. The van der Waals surface area contributed by atoms with Crippen LogP contribution in [0.3, 0.4) is 0 Å². The van der Waals surface area contributed by atoms with Gasteiger partial charge in [0.25, 0.3) is 0 Å². The predicted molar refractivity (Wildman–Crippen MR) is 77.6 cm³/mol. The molecule has 2 aromatic carbocycles. The maximum atomic E-state index is 13.3. The van der Waals surface area contributed by atoms with Gasteiger partial charge in [0.1, 0.15) is 0 Å². The molecule has 0 aromatic heterocycles. The lowest BCUT2D eigenvalue weighted by Crippen LogP contribution is -2.12. The topological polar surface area (TPSA) is 65.3 Å². The number of nitrogens with zero attached hydrogens (tertiary/aromatic N) is 1. The summed E-state index contributed by atoms with van der Waals surface area (Å²) in [5.41, 5.74) is 1.90. The van der Waals surface area contributed by atoms with E-state index in [-0.39, 0.29) is 12.3 Å². The number of anilines is 1. The Morgan fingerprint density at radius 2 is 2.00 bits per heavy atom. The minimum Gasteiger partial charge on any atom is -0.494 e. The minimum atomic E-state index is -0.728. The van der Waals surface area contributed by atoms with Crippen molar-refractivity contribution in [3.8, 4) is 11.8 Å². The quantitative estimate of drug-likeness (QED) is 0.887. The SMILES string of the molecule is COc1cc(NCC(O)c2ccc(C#N)cc2)ccc1F. The molecule has 21 heavy (non-hydrogen) atoms. The fourth-order valence-electron chi connectivity index (χ4n) is 1.88. The highest BCUT2D eigenvalue weighted by atomic mass is 19.1. The molecule has 0 aliphatic rings. The number of hydrogen-bond acceptors (Lipinski definition) is 4. The lowest BCUT2D eigenvalue weighted by Gasteiger charge is -2.14. The van der Waals surface area contributed by atoms with Crippen molar-refractivity contribution in [2.75, 3.05) is 19.0 Å². The standard InChI is InChI=1S/C16H15FN2O2/c1-21-16-8-13(6-7-14(16)17)19-10-15(20)12-4-2-11(9-18)3-5-12/h2-8,15,19-20H,10H2,1H3. The molecule has 5 heteroatoms. The van der Waals surface area contributed by atoms with Gasteiger partial charge in [0.15, 0.2) is 11.6 Å². The number of nitriles is 1. The van der Waals surface area contributed by atoms with E-state index in [4.69, 9.17) is 10.00 Å².